The van der Waals surface area contributed by atoms with Gasteiger partial charge in [-0.3, -0.25) is 14.5 Å². The van der Waals surface area contributed by atoms with E-state index in [9.17, 15) is 19.2 Å². The summed E-state index contributed by atoms with van der Waals surface area (Å²) in [4.78, 5) is 56.0. The normalized spacial score (nSPS) is 19.2. The van der Waals surface area contributed by atoms with E-state index in [0.717, 1.165) is 71.9 Å². The summed E-state index contributed by atoms with van der Waals surface area (Å²) < 4.78 is 11.3. The molecule has 2 aliphatic carbocycles. The van der Waals surface area contributed by atoms with Gasteiger partial charge in [-0.1, -0.05) is 103 Å². The Kier molecular flexibility index (Phi) is 12.1. The Balaban J connectivity index is 1.08. The van der Waals surface area contributed by atoms with Crippen LogP contribution in [0.3, 0.4) is 0 Å². The molecule has 1 heterocycles. The summed E-state index contributed by atoms with van der Waals surface area (Å²) in [5, 5.41) is 9.26. The Labute approximate surface area is 335 Å². The number of rotatable bonds is 10. The molecule has 7 rings (SSSR count). The molecular formula is C47H52N4O6. The maximum Gasteiger partial charge on any atom is 0.411 e. The van der Waals surface area contributed by atoms with Gasteiger partial charge in [-0.2, -0.15) is 0 Å². The predicted molar refractivity (Wildman–Crippen MR) is 219 cm³/mol. The van der Waals surface area contributed by atoms with Gasteiger partial charge in [0.1, 0.15) is 24.3 Å². The first-order valence-corrected chi connectivity index (χ1v) is 20.0. The van der Waals surface area contributed by atoms with E-state index in [2.05, 4.69) is 40.2 Å². The zero-order chi connectivity index (χ0) is 39.9. The zero-order valence-corrected chi connectivity index (χ0v) is 33.0. The van der Waals surface area contributed by atoms with Gasteiger partial charge >= 0.3 is 12.2 Å². The quantitative estimate of drug-likeness (QED) is 0.151. The van der Waals surface area contributed by atoms with Crippen molar-refractivity contribution in [1.82, 2.24) is 20.9 Å². The van der Waals surface area contributed by atoms with Crippen LogP contribution in [0.2, 0.25) is 0 Å². The summed E-state index contributed by atoms with van der Waals surface area (Å²) in [6.45, 7) is 5.61. The average molecular weight is 769 g/mol. The number of nitrogens with zero attached hydrogens (tertiary/aromatic N) is 1. The van der Waals surface area contributed by atoms with Gasteiger partial charge in [0.2, 0.25) is 11.8 Å². The van der Waals surface area contributed by atoms with Crippen LogP contribution in [0.25, 0.3) is 5.57 Å². The van der Waals surface area contributed by atoms with E-state index in [-0.39, 0.29) is 43.5 Å². The molecule has 0 fully saturated rings. The third-order valence-corrected chi connectivity index (χ3v) is 10.9. The van der Waals surface area contributed by atoms with Gasteiger partial charge in [0.25, 0.3) is 0 Å². The molecule has 0 saturated heterocycles. The van der Waals surface area contributed by atoms with Crippen molar-refractivity contribution >= 4 is 29.6 Å². The second-order valence-electron chi connectivity index (χ2n) is 16.2. The van der Waals surface area contributed by atoms with E-state index in [1.54, 1.807) is 20.8 Å². The molecule has 1 aliphatic heterocycles. The molecule has 57 heavy (non-hydrogen) atoms. The number of benzene rings is 4. The third kappa shape index (κ3) is 9.92. The highest BCUT2D eigenvalue weighted by Gasteiger charge is 2.37. The van der Waals surface area contributed by atoms with Crippen LogP contribution in [0.5, 0.6) is 0 Å². The Morgan fingerprint density at radius 2 is 1.33 bits per heavy atom. The molecule has 296 valence electrons. The fourth-order valence-electron chi connectivity index (χ4n) is 8.09. The maximum absolute atomic E-state index is 14.0. The fourth-order valence-corrected chi connectivity index (χ4v) is 8.09. The minimum absolute atomic E-state index is 0.0872. The Morgan fingerprint density at radius 1 is 0.737 bits per heavy atom. The van der Waals surface area contributed by atoms with E-state index in [1.165, 1.54) is 16.0 Å². The number of aryl methyl sites for hydroxylation is 2. The molecule has 0 unspecified atom stereocenters. The van der Waals surface area contributed by atoms with Gasteiger partial charge in [-0.25, -0.2) is 9.59 Å². The van der Waals surface area contributed by atoms with E-state index in [4.69, 9.17) is 9.47 Å². The van der Waals surface area contributed by atoms with Gasteiger partial charge in [-0.15, -0.1) is 0 Å². The maximum atomic E-state index is 14.0. The van der Waals surface area contributed by atoms with Gasteiger partial charge in [0.15, 0.2) is 0 Å². The van der Waals surface area contributed by atoms with E-state index < -0.39 is 29.9 Å². The van der Waals surface area contributed by atoms with Crippen molar-refractivity contribution in [2.24, 2.45) is 0 Å². The number of nitrogens with one attached hydrogen (secondary N) is 3. The van der Waals surface area contributed by atoms with Crippen molar-refractivity contribution in [3.8, 4) is 0 Å². The Hall–Kier alpha value is -5.90. The second-order valence-corrected chi connectivity index (χ2v) is 16.2. The first kappa shape index (κ1) is 39.3. The molecule has 4 atom stereocenters. The molecule has 10 heteroatoms. The summed E-state index contributed by atoms with van der Waals surface area (Å²) in [6.07, 6.45) is 6.33. The average Bonchev–Trinajstić information content (AvgIpc) is 3.66. The fraction of sp³-hybridized carbons (Fsp3) is 0.362. The standard InChI is InChI=1S/C47H52N4O6/c1-47(2,3)57-45(54)50-41(43(52)48-39-21-11-17-34-15-7-9-19-37(34)39)27-31-23-25-33(26-24-31)36-28-42(51(29-36)46(55)56-30-32-13-5-4-6-14-32)44(53)49-40-22-12-18-35-16-8-10-20-38(35)40/h4-10,13-16,19-20,23-26,28,39-42H,11-12,17-18,21-22,27,29-30H2,1-3H3,(H,48,52)(H,49,53)(H,50,54)/t39-,40-,41+,42+/m1/s1. The number of fused-ring (bicyclic) bond motifs is 2. The predicted octanol–water partition coefficient (Wildman–Crippen LogP) is 7.91. The minimum atomic E-state index is -0.890. The number of hydrogen-bond acceptors (Lipinski definition) is 6. The van der Waals surface area contributed by atoms with Crippen LogP contribution in [-0.2, 0) is 44.9 Å². The highest BCUT2D eigenvalue weighted by atomic mass is 16.6. The lowest BCUT2D eigenvalue weighted by molar-refractivity contribution is -0.125. The zero-order valence-electron chi connectivity index (χ0n) is 33.0. The summed E-state index contributed by atoms with van der Waals surface area (Å²) in [6, 6.07) is 31.4. The van der Waals surface area contributed by atoms with Crippen molar-refractivity contribution in [1.29, 1.82) is 0 Å². The minimum Gasteiger partial charge on any atom is -0.445 e. The van der Waals surface area contributed by atoms with Crippen molar-refractivity contribution < 1.29 is 28.7 Å². The van der Waals surface area contributed by atoms with Crippen LogP contribution >= 0.6 is 0 Å². The third-order valence-electron chi connectivity index (χ3n) is 10.9. The first-order chi connectivity index (χ1) is 27.5. The molecule has 10 nitrogen and oxygen atoms in total. The lowest BCUT2D eigenvalue weighted by Crippen LogP contribution is -2.50. The molecule has 0 saturated carbocycles. The van der Waals surface area contributed by atoms with Crippen LogP contribution in [0, 0.1) is 0 Å². The molecule has 4 aromatic carbocycles. The summed E-state index contributed by atoms with van der Waals surface area (Å²) in [5.41, 5.74) is 7.26. The van der Waals surface area contributed by atoms with Gasteiger partial charge in [0.05, 0.1) is 18.6 Å². The number of carbonyl (C=O) groups is 4. The molecule has 3 aliphatic rings. The smallest absolute Gasteiger partial charge is 0.411 e. The molecule has 4 aromatic rings. The number of alkyl carbamates (subject to hydrolysis) is 1. The highest BCUT2D eigenvalue weighted by Crippen LogP contribution is 2.32. The Morgan fingerprint density at radius 3 is 1.96 bits per heavy atom. The summed E-state index contributed by atoms with van der Waals surface area (Å²) in [7, 11) is 0. The van der Waals surface area contributed by atoms with Crippen LogP contribution in [0.1, 0.15) is 97.5 Å². The van der Waals surface area contributed by atoms with Gasteiger partial charge in [-0.05, 0) is 110 Å². The first-order valence-electron chi connectivity index (χ1n) is 20.0. The number of ether oxygens (including phenoxy) is 2. The lowest BCUT2D eigenvalue weighted by Gasteiger charge is -2.29. The number of amides is 4. The van der Waals surface area contributed by atoms with E-state index in [1.807, 2.05) is 84.9 Å². The van der Waals surface area contributed by atoms with Crippen LogP contribution in [-0.4, -0.2) is 53.1 Å². The molecular weight excluding hydrogens is 717 g/mol. The monoisotopic (exact) mass is 768 g/mol. The highest BCUT2D eigenvalue weighted by molar-refractivity contribution is 5.93. The van der Waals surface area contributed by atoms with Gasteiger partial charge < -0.3 is 25.4 Å². The summed E-state index contributed by atoms with van der Waals surface area (Å²) >= 11 is 0. The molecule has 0 bridgehead atoms. The van der Waals surface area contributed by atoms with E-state index in [0.29, 0.717) is 0 Å². The van der Waals surface area contributed by atoms with Crippen LogP contribution in [0.4, 0.5) is 9.59 Å². The summed E-state index contributed by atoms with van der Waals surface area (Å²) in [5.74, 6) is -0.549. The van der Waals surface area contributed by atoms with Crippen molar-refractivity contribution in [2.75, 3.05) is 6.54 Å². The lowest BCUT2D eigenvalue weighted by atomic mass is 9.87. The molecule has 3 N–H and O–H groups in total. The molecule has 0 aromatic heterocycles. The number of hydrogen-bond donors (Lipinski definition) is 3. The topological polar surface area (TPSA) is 126 Å². The largest absolute Gasteiger partial charge is 0.445 e. The second kappa shape index (κ2) is 17.5. The molecule has 0 spiro atoms. The Bertz CT molecular complexity index is 2110. The van der Waals surface area contributed by atoms with Crippen molar-refractivity contribution in [3.63, 3.8) is 0 Å². The van der Waals surface area contributed by atoms with Crippen molar-refractivity contribution in [3.05, 3.63) is 148 Å². The van der Waals surface area contributed by atoms with Crippen molar-refractivity contribution in [2.45, 2.75) is 102 Å². The molecule has 4 amide bonds. The van der Waals surface area contributed by atoms with Crippen LogP contribution < -0.4 is 16.0 Å². The van der Waals surface area contributed by atoms with E-state index >= 15 is 0 Å². The molecule has 0 radical (unpaired) electrons. The van der Waals surface area contributed by atoms with Crippen LogP contribution in [0.15, 0.2) is 109 Å². The van der Waals surface area contributed by atoms with Gasteiger partial charge in [0, 0.05) is 6.42 Å². The number of carbonyl (C=O) groups excluding carboxylic acids is 4. The SMILES string of the molecule is CC(C)(C)OC(=O)N[C@@H](Cc1ccc(C2=C[C@@H](C(=O)N[C@@H]3CCCc4ccccc43)N(C(=O)OCc3ccccc3)C2)cc1)C(=O)N[C@@H]1CCCc2ccccc21.